The molecule has 0 heterocycles. The number of nitrogens with two attached hydrogens (primary N) is 1. The number of aliphatic hydroxyl groups excluding tert-OH is 1. The van der Waals surface area contributed by atoms with Crippen molar-refractivity contribution in [1.82, 2.24) is 5.32 Å². The van der Waals surface area contributed by atoms with E-state index in [2.05, 4.69) is 24.4 Å². The number of carbonyl (C=O) groups is 1. The molecule has 0 aliphatic heterocycles. The molecule has 0 saturated heterocycles. The Bertz CT molecular complexity index is 776. The predicted octanol–water partition coefficient (Wildman–Crippen LogP) is 2.45. The Kier molecular flexibility index (Phi) is 5.59. The maximum Gasteiger partial charge on any atom is 0.252 e. The number of primary amides is 1. The van der Waals surface area contributed by atoms with Crippen LogP contribution in [0.15, 0.2) is 42.5 Å². The summed E-state index contributed by atoms with van der Waals surface area (Å²) in [6.07, 6.45) is 2.52. The maximum atomic E-state index is 11.6. The highest BCUT2D eigenvalue weighted by molar-refractivity contribution is 5.97. The minimum Gasteiger partial charge on any atom is -0.507 e. The van der Waals surface area contributed by atoms with Gasteiger partial charge in [0, 0.05) is 12.1 Å². The lowest BCUT2D eigenvalue weighted by molar-refractivity contribution is 0.0985. The van der Waals surface area contributed by atoms with E-state index in [0.29, 0.717) is 24.0 Å². The molecule has 5 N–H and O–H groups in total. The number of nitrogens with one attached hydrogen (secondary N) is 1. The van der Waals surface area contributed by atoms with Gasteiger partial charge in [0.15, 0.2) is 0 Å². The van der Waals surface area contributed by atoms with Gasteiger partial charge in [-0.2, -0.15) is 0 Å². The summed E-state index contributed by atoms with van der Waals surface area (Å²) in [5, 5.41) is 24.2. The Labute approximate surface area is 153 Å². The number of hydrogen-bond donors (Lipinski definition) is 4. The van der Waals surface area contributed by atoms with Crippen molar-refractivity contribution in [3.05, 3.63) is 64.7 Å². The van der Waals surface area contributed by atoms with Gasteiger partial charge < -0.3 is 21.3 Å². The van der Waals surface area contributed by atoms with Crippen LogP contribution < -0.4 is 11.1 Å². The lowest BCUT2D eigenvalue weighted by Crippen LogP contribution is -2.43. The van der Waals surface area contributed by atoms with Crippen molar-refractivity contribution in [2.24, 2.45) is 5.73 Å². The van der Waals surface area contributed by atoms with Crippen molar-refractivity contribution in [2.75, 3.05) is 0 Å². The van der Waals surface area contributed by atoms with E-state index in [1.807, 2.05) is 18.2 Å². The fraction of sp³-hybridized carbons (Fsp3) is 0.381. The van der Waals surface area contributed by atoms with Crippen molar-refractivity contribution in [1.29, 1.82) is 0 Å². The van der Waals surface area contributed by atoms with Crippen LogP contribution in [0, 0.1) is 0 Å². The lowest BCUT2D eigenvalue weighted by atomic mass is 9.82. The number of hydrogen-bond acceptors (Lipinski definition) is 4. The summed E-state index contributed by atoms with van der Waals surface area (Å²) in [5.74, 6) is -0.778. The molecule has 1 unspecified atom stereocenters. The molecule has 0 spiro atoms. The van der Waals surface area contributed by atoms with Crippen LogP contribution in [0.1, 0.15) is 52.9 Å². The SMILES string of the molecule is CC(CCc1ccccc1)N[C@H]1CCc2c(ccc(O)c2C(N)=O)[C@@H]1O. The zero-order valence-corrected chi connectivity index (χ0v) is 15.0. The first kappa shape index (κ1) is 18.4. The van der Waals surface area contributed by atoms with Gasteiger partial charge in [0.05, 0.1) is 11.7 Å². The molecule has 2 aromatic carbocycles. The number of fused-ring (bicyclic) bond motifs is 1. The smallest absolute Gasteiger partial charge is 0.252 e. The van der Waals surface area contributed by atoms with Gasteiger partial charge in [-0.1, -0.05) is 36.4 Å². The van der Waals surface area contributed by atoms with E-state index in [9.17, 15) is 15.0 Å². The second-order valence-electron chi connectivity index (χ2n) is 7.07. The van der Waals surface area contributed by atoms with Gasteiger partial charge in [0.1, 0.15) is 5.75 Å². The monoisotopic (exact) mass is 354 g/mol. The number of benzene rings is 2. The van der Waals surface area contributed by atoms with E-state index in [4.69, 9.17) is 5.73 Å². The Balaban J connectivity index is 1.66. The molecule has 2 aromatic rings. The first-order valence-corrected chi connectivity index (χ1v) is 9.10. The zero-order valence-electron chi connectivity index (χ0n) is 15.0. The molecule has 0 bridgehead atoms. The van der Waals surface area contributed by atoms with Crippen LogP contribution in [0.3, 0.4) is 0 Å². The van der Waals surface area contributed by atoms with Crippen LogP contribution >= 0.6 is 0 Å². The van der Waals surface area contributed by atoms with Crippen molar-refractivity contribution in [3.63, 3.8) is 0 Å². The van der Waals surface area contributed by atoms with Crippen molar-refractivity contribution in [2.45, 2.75) is 50.8 Å². The largest absolute Gasteiger partial charge is 0.507 e. The molecular formula is C21H26N2O3. The second-order valence-corrected chi connectivity index (χ2v) is 7.07. The Morgan fingerprint density at radius 1 is 1.27 bits per heavy atom. The van der Waals surface area contributed by atoms with E-state index in [0.717, 1.165) is 12.8 Å². The van der Waals surface area contributed by atoms with E-state index in [1.54, 1.807) is 6.07 Å². The molecular weight excluding hydrogens is 328 g/mol. The van der Waals surface area contributed by atoms with Crippen LogP contribution in [0.25, 0.3) is 0 Å². The third-order valence-electron chi connectivity index (χ3n) is 5.19. The highest BCUT2D eigenvalue weighted by Crippen LogP contribution is 2.35. The van der Waals surface area contributed by atoms with E-state index < -0.39 is 12.0 Å². The molecule has 1 amide bonds. The summed E-state index contributed by atoms with van der Waals surface area (Å²) in [4.78, 5) is 11.6. The molecule has 0 aromatic heterocycles. The average Bonchev–Trinajstić information content (AvgIpc) is 2.62. The predicted molar refractivity (Wildman–Crippen MR) is 101 cm³/mol. The summed E-state index contributed by atoms with van der Waals surface area (Å²) >= 11 is 0. The quantitative estimate of drug-likeness (QED) is 0.641. The second kappa shape index (κ2) is 7.89. The standard InChI is InChI=1S/C21H26N2O3/c1-13(7-8-14-5-3-2-4-6-14)23-17-11-9-15-16(20(17)25)10-12-18(24)19(15)21(22)26/h2-6,10,12-13,17,20,23-25H,7-9,11H2,1H3,(H2,22,26)/t13?,17-,20-/m0/s1. The molecule has 3 rings (SSSR count). The topological polar surface area (TPSA) is 95.6 Å². The van der Waals surface area contributed by atoms with E-state index in [1.165, 1.54) is 11.6 Å². The number of amides is 1. The number of rotatable bonds is 6. The molecule has 1 aliphatic rings. The first-order chi connectivity index (χ1) is 12.5. The number of aromatic hydroxyl groups is 1. The fourth-order valence-electron chi connectivity index (χ4n) is 3.80. The van der Waals surface area contributed by atoms with E-state index in [-0.39, 0.29) is 23.4 Å². The molecule has 3 atom stereocenters. The molecule has 26 heavy (non-hydrogen) atoms. The summed E-state index contributed by atoms with van der Waals surface area (Å²) in [7, 11) is 0. The molecule has 5 heteroatoms. The molecule has 0 fully saturated rings. The normalized spacial score (nSPS) is 20.4. The van der Waals surface area contributed by atoms with Crippen LogP contribution in [0.4, 0.5) is 0 Å². The molecule has 1 aliphatic carbocycles. The highest BCUT2D eigenvalue weighted by Gasteiger charge is 2.32. The highest BCUT2D eigenvalue weighted by atomic mass is 16.3. The van der Waals surface area contributed by atoms with Crippen LogP contribution in [-0.4, -0.2) is 28.2 Å². The molecule has 0 saturated carbocycles. The van der Waals surface area contributed by atoms with E-state index >= 15 is 0 Å². The Hall–Kier alpha value is -2.37. The molecule has 5 nitrogen and oxygen atoms in total. The number of carbonyl (C=O) groups excluding carboxylic acids is 1. The van der Waals surface area contributed by atoms with Crippen molar-refractivity contribution in [3.8, 4) is 5.75 Å². The van der Waals surface area contributed by atoms with Gasteiger partial charge in [-0.15, -0.1) is 0 Å². The number of aryl methyl sites for hydroxylation is 1. The average molecular weight is 354 g/mol. The Morgan fingerprint density at radius 2 is 2.00 bits per heavy atom. The van der Waals surface area contributed by atoms with Gasteiger partial charge in [0.2, 0.25) is 0 Å². The summed E-state index contributed by atoms with van der Waals surface area (Å²) in [6, 6.07) is 13.6. The molecule has 138 valence electrons. The van der Waals surface area contributed by atoms with Gasteiger partial charge in [-0.3, -0.25) is 4.79 Å². The molecule has 0 radical (unpaired) electrons. The fourth-order valence-corrected chi connectivity index (χ4v) is 3.80. The summed E-state index contributed by atoms with van der Waals surface area (Å²) < 4.78 is 0. The van der Waals surface area contributed by atoms with Gasteiger partial charge >= 0.3 is 0 Å². The summed E-state index contributed by atoms with van der Waals surface area (Å²) in [6.45, 7) is 2.12. The third-order valence-corrected chi connectivity index (χ3v) is 5.19. The minimum atomic E-state index is -0.725. The van der Waals surface area contributed by atoms with Gasteiger partial charge in [-0.05, 0) is 55.4 Å². The van der Waals surface area contributed by atoms with Crippen molar-refractivity contribution < 1.29 is 15.0 Å². The lowest BCUT2D eigenvalue weighted by Gasteiger charge is -2.34. The van der Waals surface area contributed by atoms with Gasteiger partial charge in [-0.25, -0.2) is 0 Å². The summed E-state index contributed by atoms with van der Waals surface area (Å²) in [5.41, 5.74) is 8.18. The van der Waals surface area contributed by atoms with Crippen molar-refractivity contribution >= 4 is 5.91 Å². The Morgan fingerprint density at radius 3 is 2.69 bits per heavy atom. The minimum absolute atomic E-state index is 0.0847. The first-order valence-electron chi connectivity index (χ1n) is 9.10. The van der Waals surface area contributed by atoms with Gasteiger partial charge in [0.25, 0.3) is 5.91 Å². The number of phenols is 1. The maximum absolute atomic E-state index is 11.6. The van der Waals surface area contributed by atoms with Crippen LogP contribution in [-0.2, 0) is 12.8 Å². The zero-order chi connectivity index (χ0) is 18.7. The number of aliphatic hydroxyl groups is 1. The van der Waals surface area contributed by atoms with Crippen LogP contribution in [0.5, 0.6) is 5.75 Å². The van der Waals surface area contributed by atoms with Crippen LogP contribution in [0.2, 0.25) is 0 Å². The third kappa shape index (κ3) is 3.89.